The Labute approximate surface area is 166 Å². The van der Waals surface area contributed by atoms with Gasteiger partial charge in [-0.15, -0.1) is 0 Å². The maximum absolute atomic E-state index is 13.0. The van der Waals surface area contributed by atoms with Crippen LogP contribution in [-0.2, 0) is 16.0 Å². The second-order valence-corrected chi connectivity index (χ2v) is 7.04. The number of hydrogen-bond donors (Lipinski definition) is 0. The molecule has 27 heavy (non-hydrogen) atoms. The fourth-order valence-corrected chi connectivity index (χ4v) is 3.58. The van der Waals surface area contributed by atoms with Crippen molar-refractivity contribution in [1.82, 2.24) is 4.90 Å². The van der Waals surface area contributed by atoms with E-state index in [9.17, 15) is 9.59 Å². The van der Waals surface area contributed by atoms with Crippen LogP contribution in [0.2, 0.25) is 0 Å². The first-order valence-corrected chi connectivity index (χ1v) is 9.30. The molecule has 0 fully saturated rings. The highest BCUT2D eigenvalue weighted by atomic mass is 79.9. The molecule has 5 nitrogen and oxygen atoms in total. The molecule has 3 rings (SSSR count). The van der Waals surface area contributed by atoms with Gasteiger partial charge >= 0.3 is 0 Å². The molecule has 0 aliphatic carbocycles. The lowest BCUT2D eigenvalue weighted by Crippen LogP contribution is -2.35. The fraction of sp³-hybridized carbons (Fsp3) is 0.238. The van der Waals surface area contributed by atoms with Crippen molar-refractivity contribution >= 4 is 27.6 Å². The Morgan fingerprint density at radius 1 is 1.15 bits per heavy atom. The van der Waals surface area contributed by atoms with Crippen molar-refractivity contribution in [3.63, 3.8) is 0 Å². The van der Waals surface area contributed by atoms with Gasteiger partial charge in [-0.3, -0.25) is 9.59 Å². The highest BCUT2D eigenvalue weighted by molar-refractivity contribution is 9.10. The van der Waals surface area contributed by atoms with Gasteiger partial charge in [0.15, 0.2) is 17.3 Å². The molecule has 1 heterocycles. The Balaban J connectivity index is 1.88. The van der Waals surface area contributed by atoms with Crippen LogP contribution >= 0.6 is 15.9 Å². The molecule has 1 amide bonds. The molecular weight excluding hydrogens is 410 g/mol. The number of halogens is 1. The molecule has 0 saturated heterocycles. The summed E-state index contributed by atoms with van der Waals surface area (Å²) in [4.78, 5) is 26.6. The van der Waals surface area contributed by atoms with E-state index < -0.39 is 0 Å². The van der Waals surface area contributed by atoms with Gasteiger partial charge in [0, 0.05) is 17.1 Å². The Morgan fingerprint density at radius 2 is 1.81 bits per heavy atom. The molecular formula is C21H20BrNO4. The maximum atomic E-state index is 13.0. The van der Waals surface area contributed by atoms with E-state index in [4.69, 9.17) is 9.47 Å². The quantitative estimate of drug-likeness (QED) is 0.718. The van der Waals surface area contributed by atoms with E-state index in [-0.39, 0.29) is 30.6 Å². The third-order valence-corrected chi connectivity index (χ3v) is 5.26. The number of benzene rings is 2. The molecule has 0 spiro atoms. The van der Waals surface area contributed by atoms with Gasteiger partial charge in [-0.2, -0.15) is 0 Å². The van der Waals surface area contributed by atoms with Gasteiger partial charge < -0.3 is 14.4 Å². The summed E-state index contributed by atoms with van der Waals surface area (Å²) in [6, 6.07) is 12.9. The van der Waals surface area contributed by atoms with Crippen molar-refractivity contribution in [2.75, 3.05) is 14.2 Å². The Kier molecular flexibility index (Phi) is 5.96. The van der Waals surface area contributed by atoms with Gasteiger partial charge in [-0.1, -0.05) is 46.3 Å². The molecule has 0 saturated carbocycles. The molecule has 2 aromatic rings. The summed E-state index contributed by atoms with van der Waals surface area (Å²) in [5, 5.41) is 0. The largest absolute Gasteiger partial charge is 0.493 e. The summed E-state index contributed by atoms with van der Waals surface area (Å²) >= 11 is 3.49. The average molecular weight is 430 g/mol. The molecule has 1 aliphatic rings. The number of ketones is 1. The summed E-state index contributed by atoms with van der Waals surface area (Å²) in [7, 11) is 3.12. The molecule has 1 atom stereocenters. The average Bonchev–Trinajstić information content (AvgIpc) is 2.69. The molecule has 0 bridgehead atoms. The smallest absolute Gasteiger partial charge is 0.231 e. The molecule has 0 radical (unpaired) electrons. The van der Waals surface area contributed by atoms with Crippen molar-refractivity contribution in [1.29, 1.82) is 0 Å². The molecule has 6 heteroatoms. The van der Waals surface area contributed by atoms with E-state index in [0.717, 1.165) is 15.6 Å². The Bertz CT molecular complexity index is 879. The van der Waals surface area contributed by atoms with Crippen LogP contribution in [0.5, 0.6) is 11.5 Å². The van der Waals surface area contributed by atoms with Gasteiger partial charge in [0.1, 0.15) is 0 Å². The molecule has 140 valence electrons. The van der Waals surface area contributed by atoms with Gasteiger partial charge in [-0.05, 0) is 29.3 Å². The van der Waals surface area contributed by atoms with Crippen LogP contribution < -0.4 is 9.47 Å². The van der Waals surface area contributed by atoms with Crippen molar-refractivity contribution < 1.29 is 19.1 Å². The fourth-order valence-electron chi connectivity index (χ4n) is 3.12. The van der Waals surface area contributed by atoms with Crippen LogP contribution in [0.1, 0.15) is 23.6 Å². The third-order valence-electron chi connectivity index (χ3n) is 4.52. The number of hydrogen-bond acceptors (Lipinski definition) is 4. The number of methoxy groups -OCH3 is 2. The minimum atomic E-state index is -0.296. The zero-order valence-corrected chi connectivity index (χ0v) is 16.7. The molecule has 1 unspecified atom stereocenters. The van der Waals surface area contributed by atoms with Gasteiger partial charge in [0.2, 0.25) is 5.91 Å². The first kappa shape index (κ1) is 19.2. The lowest BCUT2D eigenvalue weighted by Gasteiger charge is -2.31. The summed E-state index contributed by atoms with van der Waals surface area (Å²) in [5.74, 6) is 1.07. The van der Waals surface area contributed by atoms with Crippen LogP contribution in [0.15, 0.2) is 59.2 Å². The number of carbonyl (C=O) groups excluding carboxylic acids is 2. The van der Waals surface area contributed by atoms with Crippen LogP contribution in [0, 0.1) is 0 Å². The van der Waals surface area contributed by atoms with Gasteiger partial charge in [0.25, 0.3) is 0 Å². The second-order valence-electron chi connectivity index (χ2n) is 6.19. The van der Waals surface area contributed by atoms with E-state index in [0.29, 0.717) is 11.5 Å². The predicted molar refractivity (Wildman–Crippen MR) is 106 cm³/mol. The van der Waals surface area contributed by atoms with Crippen molar-refractivity contribution in [2.45, 2.75) is 18.9 Å². The van der Waals surface area contributed by atoms with E-state index >= 15 is 0 Å². The van der Waals surface area contributed by atoms with Crippen LogP contribution in [0.25, 0.3) is 0 Å². The number of rotatable bonds is 5. The second kappa shape index (κ2) is 8.39. The first-order valence-electron chi connectivity index (χ1n) is 8.51. The van der Waals surface area contributed by atoms with Crippen molar-refractivity contribution in [2.24, 2.45) is 0 Å². The predicted octanol–water partition coefficient (Wildman–Crippen LogP) is 4.07. The van der Waals surface area contributed by atoms with E-state index in [1.807, 2.05) is 30.3 Å². The zero-order valence-electron chi connectivity index (χ0n) is 15.1. The molecule has 1 aliphatic heterocycles. The number of amides is 1. The van der Waals surface area contributed by atoms with E-state index in [1.165, 1.54) is 6.08 Å². The lowest BCUT2D eigenvalue weighted by atomic mass is 9.96. The summed E-state index contributed by atoms with van der Waals surface area (Å²) < 4.78 is 11.4. The highest BCUT2D eigenvalue weighted by Gasteiger charge is 2.29. The molecule has 2 aromatic carbocycles. The monoisotopic (exact) mass is 429 g/mol. The topological polar surface area (TPSA) is 55.8 Å². The summed E-state index contributed by atoms with van der Waals surface area (Å²) in [5.41, 5.74) is 1.73. The van der Waals surface area contributed by atoms with Crippen LogP contribution in [-0.4, -0.2) is 30.8 Å². The normalized spacial score (nSPS) is 16.3. The minimum Gasteiger partial charge on any atom is -0.493 e. The minimum absolute atomic E-state index is 0.0141. The van der Waals surface area contributed by atoms with Crippen LogP contribution in [0.3, 0.4) is 0 Å². The number of ether oxygens (including phenoxy) is 2. The highest BCUT2D eigenvalue weighted by Crippen LogP contribution is 2.35. The summed E-state index contributed by atoms with van der Waals surface area (Å²) in [6.07, 6.45) is 3.49. The van der Waals surface area contributed by atoms with E-state index in [2.05, 4.69) is 15.9 Å². The van der Waals surface area contributed by atoms with Crippen molar-refractivity contribution in [3.8, 4) is 11.5 Å². The summed E-state index contributed by atoms with van der Waals surface area (Å²) in [6.45, 7) is 0. The molecule has 0 aromatic heterocycles. The van der Waals surface area contributed by atoms with E-state index in [1.54, 1.807) is 37.5 Å². The Hall–Kier alpha value is -2.60. The lowest BCUT2D eigenvalue weighted by molar-refractivity contribution is -0.131. The SMILES string of the molecule is COc1cc(Br)c(CC(=O)N2C=CC(=O)CC2c2ccccc2)cc1OC. The van der Waals surface area contributed by atoms with Gasteiger partial charge in [-0.25, -0.2) is 0 Å². The van der Waals surface area contributed by atoms with Gasteiger partial charge in [0.05, 0.1) is 26.7 Å². The zero-order chi connectivity index (χ0) is 19.4. The molecule has 0 N–H and O–H groups in total. The standard InChI is InChI=1S/C21H20BrNO4/c1-26-19-10-15(17(22)13-20(19)27-2)11-21(25)23-9-8-16(24)12-18(23)14-6-4-3-5-7-14/h3-10,13,18H,11-12H2,1-2H3. The number of allylic oxidation sites excluding steroid dienone is 1. The maximum Gasteiger partial charge on any atom is 0.231 e. The Morgan fingerprint density at radius 3 is 2.48 bits per heavy atom. The first-order chi connectivity index (χ1) is 13.0. The number of nitrogens with zero attached hydrogens (tertiary/aromatic N) is 1. The van der Waals surface area contributed by atoms with Crippen molar-refractivity contribution in [3.05, 3.63) is 70.3 Å². The van der Waals surface area contributed by atoms with Crippen LogP contribution in [0.4, 0.5) is 0 Å². The third kappa shape index (κ3) is 4.22. The number of carbonyl (C=O) groups is 2.